The van der Waals surface area contributed by atoms with E-state index in [0.29, 0.717) is 19.7 Å². The van der Waals surface area contributed by atoms with Crippen molar-refractivity contribution in [2.75, 3.05) is 26.3 Å². The van der Waals surface area contributed by atoms with Gasteiger partial charge >= 0.3 is 5.97 Å². The van der Waals surface area contributed by atoms with Gasteiger partial charge in [0.2, 0.25) is 0 Å². The third kappa shape index (κ3) is 3.67. The summed E-state index contributed by atoms with van der Waals surface area (Å²) in [5.74, 6) is -0.975. The average Bonchev–Trinajstić information content (AvgIpc) is 2.45. The molecule has 1 saturated heterocycles. The number of carboxylic acid groups (broad SMARTS) is 1. The normalized spacial score (nSPS) is 18.6. The van der Waals surface area contributed by atoms with E-state index in [1.165, 1.54) is 18.5 Å². The van der Waals surface area contributed by atoms with Crippen molar-refractivity contribution in [1.82, 2.24) is 9.88 Å². The Kier molecular flexibility index (Phi) is 4.52. The van der Waals surface area contributed by atoms with Crippen LogP contribution in [0, 0.1) is 0 Å². The van der Waals surface area contributed by atoms with Crippen LogP contribution in [0.2, 0.25) is 0 Å². The molecule has 0 radical (unpaired) electrons. The molecule has 1 aromatic rings. The average molecular weight is 280 g/mol. The van der Waals surface area contributed by atoms with Gasteiger partial charge in [0.05, 0.1) is 24.5 Å². The molecule has 0 bridgehead atoms. The van der Waals surface area contributed by atoms with E-state index in [1.807, 2.05) is 6.92 Å². The first-order valence-corrected chi connectivity index (χ1v) is 6.27. The summed E-state index contributed by atoms with van der Waals surface area (Å²) in [7, 11) is 0. The number of nitrogens with zero attached hydrogens (tertiary/aromatic N) is 2. The largest absolute Gasteiger partial charge is 0.482 e. The second kappa shape index (κ2) is 6.33. The maximum atomic E-state index is 11.9. The Morgan fingerprint density at radius 3 is 3.05 bits per heavy atom. The number of pyridine rings is 1. The van der Waals surface area contributed by atoms with Gasteiger partial charge in [-0.1, -0.05) is 0 Å². The summed E-state index contributed by atoms with van der Waals surface area (Å²) >= 11 is 0. The van der Waals surface area contributed by atoms with Gasteiger partial charge in [-0.15, -0.1) is 0 Å². The van der Waals surface area contributed by atoms with Crippen LogP contribution in [-0.4, -0.2) is 59.3 Å². The fourth-order valence-corrected chi connectivity index (χ4v) is 1.90. The van der Waals surface area contributed by atoms with Crippen molar-refractivity contribution in [3.63, 3.8) is 0 Å². The summed E-state index contributed by atoms with van der Waals surface area (Å²) in [6.45, 7) is 3.36. The molecule has 1 aromatic heterocycles. The molecule has 0 aromatic carbocycles. The SMILES string of the molecule is CC1CN(C(=O)COc2cncc(C(=O)O)c2)CCO1. The molecule has 108 valence electrons. The molecular weight excluding hydrogens is 264 g/mol. The minimum Gasteiger partial charge on any atom is -0.482 e. The van der Waals surface area contributed by atoms with Gasteiger partial charge < -0.3 is 19.5 Å². The highest BCUT2D eigenvalue weighted by Gasteiger charge is 2.21. The van der Waals surface area contributed by atoms with Gasteiger partial charge in [0.1, 0.15) is 5.75 Å². The number of ether oxygens (including phenoxy) is 2. The maximum Gasteiger partial charge on any atom is 0.337 e. The number of carboxylic acids is 1. The monoisotopic (exact) mass is 280 g/mol. The first-order valence-electron chi connectivity index (χ1n) is 6.27. The van der Waals surface area contributed by atoms with Gasteiger partial charge in [0, 0.05) is 19.3 Å². The van der Waals surface area contributed by atoms with E-state index >= 15 is 0 Å². The Morgan fingerprint density at radius 2 is 2.35 bits per heavy atom. The topological polar surface area (TPSA) is 89.0 Å². The van der Waals surface area contributed by atoms with E-state index in [1.54, 1.807) is 4.90 Å². The first-order chi connectivity index (χ1) is 9.56. The van der Waals surface area contributed by atoms with Crippen LogP contribution in [0.3, 0.4) is 0 Å². The van der Waals surface area contributed by atoms with E-state index in [-0.39, 0.29) is 29.9 Å². The van der Waals surface area contributed by atoms with Gasteiger partial charge in [0.25, 0.3) is 5.91 Å². The van der Waals surface area contributed by atoms with E-state index in [2.05, 4.69) is 4.98 Å². The molecule has 20 heavy (non-hydrogen) atoms. The number of aromatic carboxylic acids is 1. The molecule has 2 rings (SSSR count). The summed E-state index contributed by atoms with van der Waals surface area (Å²) < 4.78 is 10.6. The van der Waals surface area contributed by atoms with Crippen molar-refractivity contribution in [3.05, 3.63) is 24.0 Å². The van der Waals surface area contributed by atoms with Gasteiger partial charge in [-0.05, 0) is 13.0 Å². The van der Waals surface area contributed by atoms with Gasteiger partial charge in [-0.2, -0.15) is 0 Å². The summed E-state index contributed by atoms with van der Waals surface area (Å²) in [5, 5.41) is 8.84. The molecule has 1 atom stereocenters. The Balaban J connectivity index is 1.89. The molecule has 1 aliphatic rings. The molecule has 1 unspecified atom stereocenters. The van der Waals surface area contributed by atoms with Gasteiger partial charge in [-0.3, -0.25) is 9.78 Å². The third-order valence-corrected chi connectivity index (χ3v) is 2.92. The van der Waals surface area contributed by atoms with Crippen molar-refractivity contribution in [2.45, 2.75) is 13.0 Å². The Hall–Kier alpha value is -2.15. The number of aromatic nitrogens is 1. The van der Waals surface area contributed by atoms with E-state index < -0.39 is 5.97 Å². The van der Waals surface area contributed by atoms with E-state index in [0.717, 1.165) is 0 Å². The van der Waals surface area contributed by atoms with Crippen molar-refractivity contribution >= 4 is 11.9 Å². The third-order valence-electron chi connectivity index (χ3n) is 2.92. The number of amides is 1. The second-order valence-corrected chi connectivity index (χ2v) is 4.52. The minimum absolute atomic E-state index is 0.0182. The molecule has 1 aliphatic heterocycles. The quantitative estimate of drug-likeness (QED) is 0.859. The summed E-state index contributed by atoms with van der Waals surface area (Å²) in [4.78, 5) is 28.2. The summed E-state index contributed by atoms with van der Waals surface area (Å²) in [5.41, 5.74) is 0.0231. The summed E-state index contributed by atoms with van der Waals surface area (Å²) in [6.07, 6.45) is 2.62. The zero-order valence-corrected chi connectivity index (χ0v) is 11.1. The van der Waals surface area contributed by atoms with Crippen LogP contribution in [0.25, 0.3) is 0 Å². The molecule has 7 heteroatoms. The van der Waals surface area contributed by atoms with Crippen LogP contribution in [0.15, 0.2) is 18.5 Å². The van der Waals surface area contributed by atoms with Crippen LogP contribution < -0.4 is 4.74 Å². The zero-order valence-electron chi connectivity index (χ0n) is 11.1. The lowest BCUT2D eigenvalue weighted by molar-refractivity contribution is -0.140. The Morgan fingerprint density at radius 1 is 1.55 bits per heavy atom. The molecule has 0 spiro atoms. The van der Waals surface area contributed by atoms with Crippen LogP contribution in [0.4, 0.5) is 0 Å². The molecule has 2 heterocycles. The maximum absolute atomic E-state index is 11.9. The molecule has 1 fully saturated rings. The predicted octanol–water partition coefficient (Wildman–Crippen LogP) is 0.406. The fourth-order valence-electron chi connectivity index (χ4n) is 1.90. The zero-order chi connectivity index (χ0) is 14.5. The molecule has 1 amide bonds. The van der Waals surface area contributed by atoms with E-state index in [4.69, 9.17) is 14.6 Å². The Labute approximate surface area is 116 Å². The number of carbonyl (C=O) groups excluding carboxylic acids is 1. The van der Waals surface area contributed by atoms with Crippen molar-refractivity contribution in [1.29, 1.82) is 0 Å². The number of hydrogen-bond donors (Lipinski definition) is 1. The molecule has 0 aliphatic carbocycles. The lowest BCUT2D eigenvalue weighted by Crippen LogP contribution is -2.46. The number of hydrogen-bond acceptors (Lipinski definition) is 5. The van der Waals surface area contributed by atoms with Crippen molar-refractivity contribution in [2.24, 2.45) is 0 Å². The van der Waals surface area contributed by atoms with Gasteiger partial charge in [-0.25, -0.2) is 4.79 Å². The van der Waals surface area contributed by atoms with Crippen molar-refractivity contribution < 1.29 is 24.2 Å². The number of morpholine rings is 1. The minimum atomic E-state index is -1.09. The molecule has 1 N–H and O–H groups in total. The Bertz CT molecular complexity index is 505. The highest BCUT2D eigenvalue weighted by Crippen LogP contribution is 2.12. The van der Waals surface area contributed by atoms with Crippen LogP contribution in [-0.2, 0) is 9.53 Å². The fraction of sp³-hybridized carbons (Fsp3) is 0.462. The second-order valence-electron chi connectivity index (χ2n) is 4.52. The first kappa shape index (κ1) is 14.3. The molecular formula is C13H16N2O5. The highest BCUT2D eigenvalue weighted by atomic mass is 16.5. The van der Waals surface area contributed by atoms with E-state index in [9.17, 15) is 9.59 Å². The molecule has 0 saturated carbocycles. The number of carbonyl (C=O) groups is 2. The van der Waals surface area contributed by atoms with Crippen molar-refractivity contribution in [3.8, 4) is 5.75 Å². The number of rotatable bonds is 4. The van der Waals surface area contributed by atoms with Crippen LogP contribution in [0.5, 0.6) is 5.75 Å². The summed E-state index contributed by atoms with van der Waals surface area (Å²) in [6, 6.07) is 1.34. The lowest BCUT2D eigenvalue weighted by Gasteiger charge is -2.31. The van der Waals surface area contributed by atoms with Gasteiger partial charge in [0.15, 0.2) is 6.61 Å². The predicted molar refractivity (Wildman–Crippen MR) is 68.7 cm³/mol. The van der Waals surface area contributed by atoms with Crippen LogP contribution >= 0.6 is 0 Å². The smallest absolute Gasteiger partial charge is 0.337 e. The highest BCUT2D eigenvalue weighted by molar-refractivity contribution is 5.87. The standard InChI is InChI=1S/C13H16N2O5/c1-9-7-15(2-3-19-9)12(16)8-20-11-4-10(13(17)18)5-14-6-11/h4-6,9H,2-3,7-8H2,1H3,(H,17,18). The molecule has 7 nitrogen and oxygen atoms in total. The lowest BCUT2D eigenvalue weighted by atomic mass is 10.3. The van der Waals surface area contributed by atoms with Crippen LogP contribution in [0.1, 0.15) is 17.3 Å².